The molecule has 1 amide bonds. The number of hydrogen-bond acceptors (Lipinski definition) is 4. The zero-order valence-electron chi connectivity index (χ0n) is 20.5. The molecule has 2 heterocycles. The summed E-state index contributed by atoms with van der Waals surface area (Å²) in [5.74, 6) is 0.375. The van der Waals surface area contributed by atoms with Gasteiger partial charge in [0.2, 0.25) is 5.91 Å². The minimum atomic E-state index is -0.226. The van der Waals surface area contributed by atoms with E-state index in [2.05, 4.69) is 57.4 Å². The molecule has 0 bridgehead atoms. The normalized spacial score (nSPS) is 22.5. The lowest BCUT2D eigenvalue weighted by molar-refractivity contribution is -0.121. The average Bonchev–Trinajstić information content (AvgIpc) is 2.84. The van der Waals surface area contributed by atoms with Crippen LogP contribution in [-0.2, 0) is 17.8 Å². The first kappa shape index (κ1) is 24.8. The third kappa shape index (κ3) is 7.36. The molecule has 0 aromatic heterocycles. The molecular formula is C28H39FN4O. The van der Waals surface area contributed by atoms with E-state index in [0.717, 1.165) is 57.8 Å². The number of hydrogen-bond donors (Lipinski definition) is 1. The van der Waals surface area contributed by atoms with Crippen molar-refractivity contribution < 1.29 is 9.18 Å². The largest absolute Gasteiger partial charge is 0.356 e. The highest BCUT2D eigenvalue weighted by atomic mass is 19.1. The van der Waals surface area contributed by atoms with E-state index in [0.29, 0.717) is 31.3 Å². The lowest BCUT2D eigenvalue weighted by Crippen LogP contribution is -2.56. The van der Waals surface area contributed by atoms with Crippen molar-refractivity contribution in [1.82, 2.24) is 20.0 Å². The molecule has 2 aromatic carbocycles. The molecule has 4 rings (SSSR count). The van der Waals surface area contributed by atoms with Gasteiger partial charge in [-0.2, -0.15) is 0 Å². The van der Waals surface area contributed by atoms with Gasteiger partial charge in [0.15, 0.2) is 0 Å². The van der Waals surface area contributed by atoms with E-state index in [9.17, 15) is 9.18 Å². The summed E-state index contributed by atoms with van der Waals surface area (Å²) in [5, 5.41) is 3.05. The van der Waals surface area contributed by atoms with Crippen LogP contribution < -0.4 is 5.32 Å². The molecule has 0 unspecified atom stereocenters. The number of nitrogens with zero attached hydrogens (tertiary/aromatic N) is 3. The molecule has 6 heteroatoms. The van der Waals surface area contributed by atoms with E-state index in [1.54, 1.807) is 6.07 Å². The Balaban J connectivity index is 1.30. The summed E-state index contributed by atoms with van der Waals surface area (Å²) >= 11 is 0. The second kappa shape index (κ2) is 12.4. The Hall–Kier alpha value is -2.28. The van der Waals surface area contributed by atoms with Gasteiger partial charge < -0.3 is 10.2 Å². The van der Waals surface area contributed by atoms with Crippen LogP contribution in [0.4, 0.5) is 4.39 Å². The van der Waals surface area contributed by atoms with Gasteiger partial charge in [-0.05, 0) is 62.0 Å². The second-order valence-corrected chi connectivity index (χ2v) is 9.94. The number of likely N-dealkylation sites (N-methyl/N-ethyl adjacent to an activating group) is 1. The first-order valence-electron chi connectivity index (χ1n) is 12.8. The summed E-state index contributed by atoms with van der Waals surface area (Å²) in [6.45, 7) is 8.17. The van der Waals surface area contributed by atoms with Crippen LogP contribution >= 0.6 is 0 Å². The minimum Gasteiger partial charge on any atom is -0.356 e. The highest BCUT2D eigenvalue weighted by Gasteiger charge is 2.34. The number of rotatable bonds is 9. The molecule has 184 valence electrons. The zero-order valence-corrected chi connectivity index (χ0v) is 20.5. The predicted molar refractivity (Wildman–Crippen MR) is 135 cm³/mol. The summed E-state index contributed by atoms with van der Waals surface area (Å²) in [4.78, 5) is 20.3. The fraction of sp³-hybridized carbons (Fsp3) is 0.536. The van der Waals surface area contributed by atoms with Crippen LogP contribution in [0.3, 0.4) is 0 Å². The molecule has 2 fully saturated rings. The Kier molecular flexibility index (Phi) is 9.08. The Labute approximate surface area is 203 Å². The van der Waals surface area contributed by atoms with E-state index in [-0.39, 0.29) is 11.7 Å². The van der Waals surface area contributed by atoms with Crippen molar-refractivity contribution >= 4 is 5.91 Å². The molecule has 2 aromatic rings. The predicted octanol–water partition coefficient (Wildman–Crippen LogP) is 3.40. The van der Waals surface area contributed by atoms with E-state index in [4.69, 9.17) is 0 Å². The standard InChI is InChI=1S/C28H39FN4O/c1-31-16-18-33(19-17-31)27-13-15-32(21-24-6-3-2-4-7-24)22-25(27)10-11-28(34)30-14-12-23-8-5-9-26(29)20-23/h2-9,20,25,27H,10-19,21-22H2,1H3,(H,30,34)/t25-,27+/m0/s1. The Morgan fingerprint density at radius 1 is 1.00 bits per heavy atom. The number of piperidine rings is 1. The minimum absolute atomic E-state index is 0.105. The van der Waals surface area contributed by atoms with E-state index in [1.165, 1.54) is 24.1 Å². The molecule has 0 spiro atoms. The number of carbonyl (C=O) groups excluding carboxylic acids is 1. The SMILES string of the molecule is CN1CCN([C@@H]2CCN(Cc3ccccc3)C[C@@H]2CCC(=O)NCCc2cccc(F)c2)CC1. The average molecular weight is 467 g/mol. The highest BCUT2D eigenvalue weighted by molar-refractivity contribution is 5.75. The molecular weight excluding hydrogens is 427 g/mol. The van der Waals surface area contributed by atoms with Gasteiger partial charge in [-0.1, -0.05) is 42.5 Å². The van der Waals surface area contributed by atoms with Gasteiger partial charge in [0.25, 0.3) is 0 Å². The van der Waals surface area contributed by atoms with Gasteiger partial charge in [-0.25, -0.2) is 4.39 Å². The van der Waals surface area contributed by atoms with Crippen LogP contribution in [0, 0.1) is 11.7 Å². The third-order valence-electron chi connectivity index (χ3n) is 7.40. The number of piperazine rings is 1. The van der Waals surface area contributed by atoms with E-state index < -0.39 is 0 Å². The van der Waals surface area contributed by atoms with E-state index >= 15 is 0 Å². The number of nitrogens with one attached hydrogen (secondary N) is 1. The van der Waals surface area contributed by atoms with Crippen molar-refractivity contribution in [2.24, 2.45) is 5.92 Å². The fourth-order valence-corrected chi connectivity index (χ4v) is 5.44. The van der Waals surface area contributed by atoms with Crippen LogP contribution in [0.25, 0.3) is 0 Å². The van der Waals surface area contributed by atoms with Crippen LogP contribution in [0.1, 0.15) is 30.4 Å². The first-order chi connectivity index (χ1) is 16.6. The maximum atomic E-state index is 13.4. The van der Waals surface area contributed by atoms with Crippen LogP contribution in [0.2, 0.25) is 0 Å². The summed E-state index contributed by atoms with van der Waals surface area (Å²) in [5.41, 5.74) is 2.27. The van der Waals surface area contributed by atoms with Crippen LogP contribution in [0.15, 0.2) is 54.6 Å². The summed E-state index contributed by atoms with van der Waals surface area (Å²) in [7, 11) is 2.20. The lowest BCUT2D eigenvalue weighted by Gasteiger charge is -2.46. The van der Waals surface area contributed by atoms with Crippen LogP contribution in [-0.4, -0.2) is 79.5 Å². The van der Waals surface area contributed by atoms with Gasteiger partial charge in [-0.15, -0.1) is 0 Å². The molecule has 2 saturated heterocycles. The molecule has 0 saturated carbocycles. The fourth-order valence-electron chi connectivity index (χ4n) is 5.44. The van der Waals surface area contributed by atoms with Crippen molar-refractivity contribution in [3.8, 4) is 0 Å². The Morgan fingerprint density at radius 3 is 2.53 bits per heavy atom. The second-order valence-electron chi connectivity index (χ2n) is 9.94. The van der Waals surface area contributed by atoms with Gasteiger partial charge in [0.1, 0.15) is 5.82 Å². The maximum absolute atomic E-state index is 13.4. The Morgan fingerprint density at radius 2 is 1.76 bits per heavy atom. The number of halogens is 1. The molecule has 34 heavy (non-hydrogen) atoms. The summed E-state index contributed by atoms with van der Waals surface area (Å²) in [6, 6.07) is 17.9. The number of likely N-dealkylation sites (tertiary alicyclic amines) is 1. The summed E-state index contributed by atoms with van der Waals surface area (Å²) < 4.78 is 13.4. The van der Waals surface area contributed by atoms with Crippen molar-refractivity contribution in [1.29, 1.82) is 0 Å². The molecule has 0 aliphatic carbocycles. The zero-order chi connectivity index (χ0) is 23.8. The number of amides is 1. The topological polar surface area (TPSA) is 38.8 Å². The van der Waals surface area contributed by atoms with Gasteiger partial charge in [0.05, 0.1) is 0 Å². The molecule has 2 aliphatic heterocycles. The van der Waals surface area contributed by atoms with Crippen molar-refractivity contribution in [2.45, 2.75) is 38.3 Å². The third-order valence-corrected chi connectivity index (χ3v) is 7.40. The first-order valence-corrected chi connectivity index (χ1v) is 12.8. The monoisotopic (exact) mass is 466 g/mol. The van der Waals surface area contributed by atoms with Crippen molar-refractivity contribution in [3.05, 3.63) is 71.5 Å². The highest BCUT2D eigenvalue weighted by Crippen LogP contribution is 2.28. The van der Waals surface area contributed by atoms with Crippen LogP contribution in [0.5, 0.6) is 0 Å². The maximum Gasteiger partial charge on any atom is 0.220 e. The van der Waals surface area contributed by atoms with Gasteiger partial charge in [-0.3, -0.25) is 14.6 Å². The summed E-state index contributed by atoms with van der Waals surface area (Å²) in [6.07, 6.45) is 3.29. The number of benzene rings is 2. The van der Waals surface area contributed by atoms with Gasteiger partial charge in [0, 0.05) is 58.3 Å². The molecule has 2 aliphatic rings. The van der Waals surface area contributed by atoms with Crippen molar-refractivity contribution in [2.75, 3.05) is 52.9 Å². The van der Waals surface area contributed by atoms with E-state index in [1.807, 2.05) is 6.07 Å². The molecule has 5 nitrogen and oxygen atoms in total. The number of carbonyl (C=O) groups is 1. The molecule has 1 N–H and O–H groups in total. The lowest BCUT2D eigenvalue weighted by atomic mass is 9.86. The molecule has 0 radical (unpaired) electrons. The quantitative estimate of drug-likeness (QED) is 0.615. The van der Waals surface area contributed by atoms with Crippen molar-refractivity contribution in [3.63, 3.8) is 0 Å². The Bertz CT molecular complexity index is 900. The van der Waals surface area contributed by atoms with Gasteiger partial charge >= 0.3 is 0 Å². The molecule has 2 atom stereocenters. The smallest absolute Gasteiger partial charge is 0.220 e.